The molecule has 2 N–H and O–H groups in total. The summed E-state index contributed by atoms with van der Waals surface area (Å²) in [6, 6.07) is 10.2. The van der Waals surface area contributed by atoms with E-state index in [1.54, 1.807) is 19.2 Å². The van der Waals surface area contributed by atoms with Gasteiger partial charge >= 0.3 is 6.09 Å². The van der Waals surface area contributed by atoms with E-state index in [1.165, 1.54) is 12.1 Å². The first kappa shape index (κ1) is 24.9. The number of hydrogen-bond acceptors (Lipinski definition) is 5. The van der Waals surface area contributed by atoms with Crippen LogP contribution in [0.3, 0.4) is 0 Å². The molecule has 0 spiro atoms. The van der Waals surface area contributed by atoms with Crippen LogP contribution in [0, 0.1) is 29.5 Å². The maximum absolute atomic E-state index is 13.6. The molecule has 3 aliphatic rings. The van der Waals surface area contributed by atoms with Gasteiger partial charge in [0.2, 0.25) is 10.0 Å². The van der Waals surface area contributed by atoms with E-state index in [0.29, 0.717) is 18.4 Å². The normalized spacial score (nSPS) is 30.9. The maximum atomic E-state index is 13.6. The number of carbonyl (C=O) groups excluding carboxylic acids is 1. The average molecular weight is 514 g/mol. The molecule has 1 saturated heterocycles. The van der Waals surface area contributed by atoms with E-state index in [2.05, 4.69) is 21.1 Å². The standard InChI is InChI=1S/C27H32FN3O4S/c1-2-35-27(32)30-22-9-10-23-19(13-22)14-26-25(16-36(33,34)31-26)24(23)11-8-21-7-6-18(15-29-21)17-4-3-5-20(28)12-17/h3-8,11-12,15,19,22-26,31H,2,9-10,13-14,16H2,1H3,(H,30,32)/t19-,22+,23+,24-,25-,26+/m0/s1. The molecular formula is C27H32FN3O4S. The van der Waals surface area contributed by atoms with Crippen LogP contribution in [0.2, 0.25) is 0 Å². The van der Waals surface area contributed by atoms with E-state index in [-0.39, 0.29) is 41.6 Å². The number of alkyl carbamates (subject to hydrolysis) is 1. The Labute approximate surface area is 211 Å². The number of pyridine rings is 1. The van der Waals surface area contributed by atoms with Crippen molar-refractivity contribution in [3.05, 3.63) is 60.2 Å². The number of fused-ring (bicyclic) bond motifs is 2. The number of carbonyl (C=O) groups is 1. The van der Waals surface area contributed by atoms with Crippen LogP contribution < -0.4 is 10.0 Å². The average Bonchev–Trinajstić information content (AvgIpc) is 3.15. The number of sulfonamides is 1. The van der Waals surface area contributed by atoms with Crippen LogP contribution >= 0.6 is 0 Å². The van der Waals surface area contributed by atoms with E-state index in [9.17, 15) is 17.6 Å². The first-order chi connectivity index (χ1) is 17.3. The summed E-state index contributed by atoms with van der Waals surface area (Å²) in [7, 11) is -3.29. The van der Waals surface area contributed by atoms with Gasteiger partial charge in [-0.1, -0.05) is 24.3 Å². The van der Waals surface area contributed by atoms with Crippen molar-refractivity contribution in [2.45, 2.75) is 44.7 Å². The second-order valence-corrected chi connectivity index (χ2v) is 11.9. The Bertz CT molecular complexity index is 1230. The number of benzene rings is 1. The van der Waals surface area contributed by atoms with Crippen LogP contribution in [-0.2, 0) is 14.8 Å². The number of nitrogens with zero attached hydrogens (tertiary/aromatic N) is 1. The summed E-state index contributed by atoms with van der Waals surface area (Å²) in [4.78, 5) is 16.5. The molecule has 2 aliphatic carbocycles. The van der Waals surface area contributed by atoms with Crippen LogP contribution in [-0.4, -0.2) is 43.9 Å². The summed E-state index contributed by atoms with van der Waals surface area (Å²) in [6.07, 6.45) is 8.84. The van der Waals surface area contributed by atoms with Crippen LogP contribution in [0.1, 0.15) is 38.3 Å². The third kappa shape index (κ3) is 5.47. The quantitative estimate of drug-likeness (QED) is 0.619. The van der Waals surface area contributed by atoms with Crippen molar-refractivity contribution in [1.29, 1.82) is 0 Å². The highest BCUT2D eigenvalue weighted by molar-refractivity contribution is 7.89. The lowest BCUT2D eigenvalue weighted by atomic mass is 9.59. The topological polar surface area (TPSA) is 97.4 Å². The second-order valence-electron chi connectivity index (χ2n) is 10.1. The molecule has 36 heavy (non-hydrogen) atoms. The molecule has 2 saturated carbocycles. The van der Waals surface area contributed by atoms with Gasteiger partial charge in [-0.2, -0.15) is 0 Å². The molecule has 3 fully saturated rings. The second kappa shape index (κ2) is 10.3. The zero-order valence-corrected chi connectivity index (χ0v) is 21.1. The summed E-state index contributed by atoms with van der Waals surface area (Å²) in [5.41, 5.74) is 2.38. The van der Waals surface area contributed by atoms with Gasteiger partial charge in [-0.25, -0.2) is 22.3 Å². The molecule has 2 heterocycles. The molecule has 1 aromatic carbocycles. The minimum Gasteiger partial charge on any atom is -0.450 e. The summed E-state index contributed by atoms with van der Waals surface area (Å²) in [5, 5.41) is 2.97. The number of aromatic nitrogens is 1. The van der Waals surface area contributed by atoms with Gasteiger partial charge in [0.1, 0.15) is 5.82 Å². The minimum absolute atomic E-state index is 0.0219. The van der Waals surface area contributed by atoms with Crippen LogP contribution in [0.4, 0.5) is 9.18 Å². The van der Waals surface area contributed by atoms with Crippen molar-refractivity contribution in [3.63, 3.8) is 0 Å². The van der Waals surface area contributed by atoms with Gasteiger partial charge in [0.15, 0.2) is 0 Å². The van der Waals surface area contributed by atoms with Gasteiger partial charge in [0, 0.05) is 23.8 Å². The van der Waals surface area contributed by atoms with Crippen molar-refractivity contribution in [2.75, 3.05) is 12.4 Å². The fourth-order valence-corrected chi connectivity index (χ4v) is 8.14. The van der Waals surface area contributed by atoms with Crippen LogP contribution in [0.15, 0.2) is 48.7 Å². The molecule has 5 rings (SSSR count). The molecule has 1 amide bonds. The minimum atomic E-state index is -3.29. The van der Waals surface area contributed by atoms with Crippen molar-refractivity contribution < 1.29 is 22.3 Å². The third-order valence-electron chi connectivity index (χ3n) is 7.88. The van der Waals surface area contributed by atoms with E-state index in [4.69, 9.17) is 4.74 Å². The molecule has 1 aromatic heterocycles. The monoisotopic (exact) mass is 513 g/mol. The Hall–Kier alpha value is -2.78. The van der Waals surface area contributed by atoms with Crippen molar-refractivity contribution in [2.24, 2.45) is 23.7 Å². The number of hydrogen-bond donors (Lipinski definition) is 2. The summed E-state index contributed by atoms with van der Waals surface area (Å²) >= 11 is 0. The molecule has 9 heteroatoms. The summed E-state index contributed by atoms with van der Waals surface area (Å²) in [5.74, 6) is 0.646. The fourth-order valence-electron chi connectivity index (χ4n) is 6.36. The van der Waals surface area contributed by atoms with Crippen molar-refractivity contribution in [1.82, 2.24) is 15.0 Å². The molecular weight excluding hydrogens is 481 g/mol. The number of allylic oxidation sites excluding steroid dienone is 1. The highest BCUT2D eigenvalue weighted by Crippen LogP contribution is 2.49. The zero-order valence-electron chi connectivity index (χ0n) is 20.3. The number of nitrogens with one attached hydrogen (secondary N) is 2. The lowest BCUT2D eigenvalue weighted by Gasteiger charge is -2.47. The first-order valence-electron chi connectivity index (χ1n) is 12.6. The molecule has 1 aliphatic heterocycles. The smallest absolute Gasteiger partial charge is 0.407 e. The largest absolute Gasteiger partial charge is 0.450 e. The van der Waals surface area contributed by atoms with Gasteiger partial charge in [-0.05, 0) is 86.1 Å². The molecule has 0 bridgehead atoms. The van der Waals surface area contributed by atoms with E-state index in [1.807, 2.05) is 24.3 Å². The highest BCUT2D eigenvalue weighted by atomic mass is 32.2. The van der Waals surface area contributed by atoms with Gasteiger partial charge < -0.3 is 10.1 Å². The van der Waals surface area contributed by atoms with Gasteiger partial charge in [0.05, 0.1) is 18.1 Å². The summed E-state index contributed by atoms with van der Waals surface area (Å²) in [6.45, 7) is 2.12. The molecule has 7 nitrogen and oxygen atoms in total. The van der Waals surface area contributed by atoms with E-state index < -0.39 is 10.0 Å². The van der Waals surface area contributed by atoms with Crippen molar-refractivity contribution >= 4 is 22.2 Å². The van der Waals surface area contributed by atoms with Crippen LogP contribution in [0.25, 0.3) is 17.2 Å². The van der Waals surface area contributed by atoms with Gasteiger partial charge in [0.25, 0.3) is 0 Å². The Kier molecular flexibility index (Phi) is 7.12. The first-order valence-corrected chi connectivity index (χ1v) is 14.3. The number of rotatable bonds is 5. The predicted molar refractivity (Wildman–Crippen MR) is 136 cm³/mol. The Balaban J connectivity index is 1.33. The van der Waals surface area contributed by atoms with Gasteiger partial charge in [-0.15, -0.1) is 0 Å². The molecule has 192 valence electrons. The van der Waals surface area contributed by atoms with Crippen LogP contribution in [0.5, 0.6) is 0 Å². The number of halogens is 1. The van der Waals surface area contributed by atoms with E-state index >= 15 is 0 Å². The SMILES string of the molecule is CCOC(=O)N[C@@H]1CC[C@@H]2[C@@H](C1)C[C@H]1NS(=O)(=O)C[C@H]1[C@H]2C=Cc1ccc(-c2cccc(F)c2)cn1. The van der Waals surface area contributed by atoms with E-state index in [0.717, 1.165) is 42.5 Å². The number of ether oxygens (including phenoxy) is 1. The number of amides is 1. The molecule has 0 unspecified atom stereocenters. The molecule has 0 radical (unpaired) electrons. The lowest BCUT2D eigenvalue weighted by Crippen LogP contribution is -2.50. The van der Waals surface area contributed by atoms with Gasteiger partial charge in [-0.3, -0.25) is 4.98 Å². The maximum Gasteiger partial charge on any atom is 0.407 e. The lowest BCUT2D eigenvalue weighted by molar-refractivity contribution is 0.0606. The third-order valence-corrected chi connectivity index (χ3v) is 9.36. The Morgan fingerprint density at radius 3 is 2.81 bits per heavy atom. The highest BCUT2D eigenvalue weighted by Gasteiger charge is 2.51. The Morgan fingerprint density at radius 2 is 2.06 bits per heavy atom. The molecule has 2 aromatic rings. The summed E-state index contributed by atoms with van der Waals surface area (Å²) < 4.78 is 46.4. The fraction of sp³-hybridized carbons (Fsp3) is 0.481. The zero-order chi connectivity index (χ0) is 25.3. The Morgan fingerprint density at radius 1 is 1.19 bits per heavy atom. The molecule has 6 atom stereocenters. The predicted octanol–water partition coefficient (Wildman–Crippen LogP) is 4.37. The van der Waals surface area contributed by atoms with Crippen molar-refractivity contribution in [3.8, 4) is 11.1 Å².